The summed E-state index contributed by atoms with van der Waals surface area (Å²) >= 11 is 11.0. The van der Waals surface area contributed by atoms with Crippen LogP contribution in [0.2, 0.25) is 5.02 Å². The Kier molecular flexibility index (Phi) is 9.17. The molecule has 0 aliphatic carbocycles. The van der Waals surface area contributed by atoms with Crippen LogP contribution >= 0.6 is 38.9 Å². The summed E-state index contributed by atoms with van der Waals surface area (Å²) in [5, 5.41) is 35.1. The van der Waals surface area contributed by atoms with E-state index >= 15 is 4.39 Å². The van der Waals surface area contributed by atoms with Crippen LogP contribution in [0.4, 0.5) is 4.39 Å². The van der Waals surface area contributed by atoms with Crippen molar-refractivity contribution in [2.45, 2.75) is 76.0 Å². The Hall–Kier alpha value is -1.34. The number of rotatable bonds is 9. The fraction of sp³-hybridized carbons (Fsp3) is 0.538. The van der Waals surface area contributed by atoms with E-state index < -0.39 is 35.3 Å². The summed E-state index contributed by atoms with van der Waals surface area (Å²) < 4.78 is 16.3. The van der Waals surface area contributed by atoms with E-state index in [4.69, 9.17) is 16.7 Å². The first-order chi connectivity index (χ1) is 16.4. The first-order valence-corrected chi connectivity index (χ1v) is 13.7. The van der Waals surface area contributed by atoms with Crippen LogP contribution in [0.1, 0.15) is 62.8 Å². The Bertz CT molecular complexity index is 1100. The number of aliphatic hydroxyl groups is 2. The van der Waals surface area contributed by atoms with Gasteiger partial charge in [0.2, 0.25) is 0 Å². The van der Waals surface area contributed by atoms with Crippen molar-refractivity contribution in [3.63, 3.8) is 0 Å². The van der Waals surface area contributed by atoms with Gasteiger partial charge in [0.25, 0.3) is 0 Å². The van der Waals surface area contributed by atoms with Crippen LogP contribution in [0.25, 0.3) is 0 Å². The molecule has 0 bridgehead atoms. The minimum absolute atomic E-state index is 0.102. The van der Waals surface area contributed by atoms with Crippen molar-refractivity contribution in [2.24, 2.45) is 5.41 Å². The fourth-order valence-corrected chi connectivity index (χ4v) is 6.88. The van der Waals surface area contributed by atoms with Gasteiger partial charge < -0.3 is 15.5 Å². The van der Waals surface area contributed by atoms with E-state index in [1.807, 2.05) is 11.4 Å². The zero-order chi connectivity index (χ0) is 26.0. The maximum atomic E-state index is 15.5. The van der Waals surface area contributed by atoms with E-state index in [1.54, 1.807) is 12.1 Å². The van der Waals surface area contributed by atoms with Gasteiger partial charge in [-0.25, -0.2) is 4.39 Å². The number of hydrogen-bond acceptors (Lipinski definition) is 6. The number of hydrogen-bond donors (Lipinski definition) is 3. The molecule has 2 aromatic rings. The van der Waals surface area contributed by atoms with Crippen molar-refractivity contribution in [1.82, 2.24) is 5.32 Å². The summed E-state index contributed by atoms with van der Waals surface area (Å²) in [6.07, 6.45) is 0.533. The molecule has 1 aromatic carbocycles. The van der Waals surface area contributed by atoms with E-state index in [1.165, 1.54) is 17.4 Å². The minimum Gasteiger partial charge on any atom is -0.394 e. The highest BCUT2D eigenvalue weighted by Gasteiger charge is 2.60. The molecule has 1 aromatic heterocycles. The molecule has 3 rings (SSSR count). The molecule has 35 heavy (non-hydrogen) atoms. The first-order valence-electron chi connectivity index (χ1n) is 11.6. The van der Waals surface area contributed by atoms with Crippen molar-refractivity contribution in [2.75, 3.05) is 6.61 Å². The molecular weight excluding hydrogens is 555 g/mol. The summed E-state index contributed by atoms with van der Waals surface area (Å²) in [5.41, 5.74) is -1.32. The SMILES string of the molecule is CC(C)(C)C[C@@H]1N[C@@H](C(=O)CCC[C@H](O)CO)[C@H](c2cc(Br)cs2)[C@@]1(C#N)c1ccc(Cl)cc1F. The molecule has 1 saturated heterocycles. The molecule has 5 atom stereocenters. The number of carbonyl (C=O) groups is 1. The van der Waals surface area contributed by atoms with Crippen molar-refractivity contribution in [3.05, 3.63) is 55.4 Å². The van der Waals surface area contributed by atoms with Crippen LogP contribution in [0, 0.1) is 22.6 Å². The number of nitriles is 1. The topological polar surface area (TPSA) is 93.3 Å². The first kappa shape index (κ1) is 28.2. The molecule has 190 valence electrons. The van der Waals surface area contributed by atoms with E-state index in [0.717, 1.165) is 9.35 Å². The number of halogens is 3. The molecule has 3 N–H and O–H groups in total. The standard InChI is InChI=1S/C26H31BrClFN2O3S/c1-25(2,3)11-22-26(14-30,18-8-7-16(28)10-19(18)29)23(21-9-15(27)13-35-21)24(31-22)20(34)6-4-5-17(33)12-32/h7-10,13,17,22-24,31-33H,4-6,11-12H2,1-3H3/t17-,22-,23-,24-,26-/m0/s1. The molecule has 1 aliphatic rings. The molecule has 1 fully saturated rings. The lowest BCUT2D eigenvalue weighted by molar-refractivity contribution is -0.121. The number of aliphatic hydroxyl groups excluding tert-OH is 2. The minimum atomic E-state index is -1.35. The molecule has 5 nitrogen and oxygen atoms in total. The number of ketones is 1. The highest BCUT2D eigenvalue weighted by molar-refractivity contribution is 9.10. The number of nitrogens with zero attached hydrogens (tertiary/aromatic N) is 1. The molecule has 0 spiro atoms. The Balaban J connectivity index is 2.15. The quantitative estimate of drug-likeness (QED) is 0.350. The molecule has 0 unspecified atom stereocenters. The Morgan fingerprint density at radius 1 is 1.40 bits per heavy atom. The average molecular weight is 586 g/mol. The lowest BCUT2D eigenvalue weighted by atomic mass is 9.64. The van der Waals surface area contributed by atoms with E-state index in [-0.39, 0.29) is 34.8 Å². The van der Waals surface area contributed by atoms with Crippen molar-refractivity contribution in [3.8, 4) is 6.07 Å². The Morgan fingerprint density at radius 3 is 2.66 bits per heavy atom. The molecule has 0 saturated carbocycles. The lowest BCUT2D eigenvalue weighted by Gasteiger charge is -2.37. The number of carbonyl (C=O) groups excluding carboxylic acids is 1. The predicted octanol–water partition coefficient (Wildman–Crippen LogP) is 5.72. The van der Waals surface area contributed by atoms with Gasteiger partial charge in [0.05, 0.1) is 24.8 Å². The monoisotopic (exact) mass is 584 g/mol. The molecule has 0 amide bonds. The average Bonchev–Trinajstić information content (AvgIpc) is 3.33. The summed E-state index contributed by atoms with van der Waals surface area (Å²) in [6, 6.07) is 7.53. The van der Waals surface area contributed by atoms with Crippen molar-refractivity contribution in [1.29, 1.82) is 5.26 Å². The second-order valence-corrected chi connectivity index (χ2v) is 12.7. The Morgan fingerprint density at radius 2 is 2.11 bits per heavy atom. The largest absolute Gasteiger partial charge is 0.394 e. The van der Waals surface area contributed by atoms with E-state index in [2.05, 4.69) is 48.1 Å². The zero-order valence-electron chi connectivity index (χ0n) is 20.0. The van der Waals surface area contributed by atoms with Gasteiger partial charge in [-0.2, -0.15) is 5.26 Å². The van der Waals surface area contributed by atoms with Crippen LogP contribution in [0.15, 0.2) is 34.1 Å². The van der Waals surface area contributed by atoms with Crippen LogP contribution in [-0.4, -0.2) is 40.8 Å². The number of thiophene rings is 1. The van der Waals surface area contributed by atoms with E-state index in [0.29, 0.717) is 19.3 Å². The molecule has 0 radical (unpaired) electrons. The fourth-order valence-electron chi connectivity index (χ4n) is 5.06. The van der Waals surface area contributed by atoms with Crippen molar-refractivity contribution < 1.29 is 19.4 Å². The van der Waals surface area contributed by atoms with Gasteiger partial charge in [-0.3, -0.25) is 4.79 Å². The number of benzene rings is 1. The maximum absolute atomic E-state index is 15.5. The second-order valence-electron chi connectivity index (χ2n) is 10.4. The molecule has 1 aliphatic heterocycles. The third kappa shape index (κ3) is 6.15. The van der Waals surface area contributed by atoms with Crippen LogP contribution < -0.4 is 5.32 Å². The van der Waals surface area contributed by atoms with E-state index in [9.17, 15) is 15.2 Å². The second kappa shape index (κ2) is 11.4. The number of Topliss-reactive ketones (excluding diaryl/α,β-unsaturated/α-hetero) is 1. The van der Waals surface area contributed by atoms with Gasteiger partial charge in [0, 0.05) is 43.7 Å². The zero-order valence-corrected chi connectivity index (χ0v) is 23.2. The molecule has 2 heterocycles. The van der Waals surface area contributed by atoms with Gasteiger partial charge in [0.15, 0.2) is 0 Å². The number of nitrogens with one attached hydrogen (secondary N) is 1. The normalized spacial score (nSPS) is 25.4. The third-order valence-electron chi connectivity index (χ3n) is 6.55. The summed E-state index contributed by atoms with van der Waals surface area (Å²) in [7, 11) is 0. The van der Waals surface area contributed by atoms with Gasteiger partial charge in [0.1, 0.15) is 17.0 Å². The summed E-state index contributed by atoms with van der Waals surface area (Å²) in [4.78, 5) is 14.4. The highest BCUT2D eigenvalue weighted by atomic mass is 79.9. The highest BCUT2D eigenvalue weighted by Crippen LogP contribution is 2.53. The van der Waals surface area contributed by atoms with Crippen LogP contribution in [-0.2, 0) is 10.2 Å². The van der Waals surface area contributed by atoms with Gasteiger partial charge in [-0.05, 0) is 58.8 Å². The van der Waals surface area contributed by atoms with Crippen LogP contribution in [0.5, 0.6) is 0 Å². The third-order valence-corrected chi connectivity index (χ3v) is 8.56. The molecular formula is C26H31BrClFN2O3S. The smallest absolute Gasteiger partial charge is 0.150 e. The maximum Gasteiger partial charge on any atom is 0.150 e. The summed E-state index contributed by atoms with van der Waals surface area (Å²) in [6.45, 7) is 5.80. The molecule has 9 heteroatoms. The van der Waals surface area contributed by atoms with Gasteiger partial charge in [-0.1, -0.05) is 38.4 Å². The van der Waals surface area contributed by atoms with Crippen molar-refractivity contribution >= 4 is 44.7 Å². The lowest BCUT2D eigenvalue weighted by Crippen LogP contribution is -2.44. The van der Waals surface area contributed by atoms with Gasteiger partial charge in [-0.15, -0.1) is 11.3 Å². The van der Waals surface area contributed by atoms with Gasteiger partial charge >= 0.3 is 0 Å². The Labute approximate surface area is 223 Å². The van der Waals surface area contributed by atoms with Crippen LogP contribution in [0.3, 0.4) is 0 Å². The summed E-state index contributed by atoms with van der Waals surface area (Å²) in [5.74, 6) is -1.29. The predicted molar refractivity (Wildman–Crippen MR) is 140 cm³/mol.